The number of pyridine rings is 2. The summed E-state index contributed by atoms with van der Waals surface area (Å²) in [6, 6.07) is 9.24. The lowest BCUT2D eigenvalue weighted by atomic mass is 10.1. The molecule has 152 valence electrons. The van der Waals surface area contributed by atoms with Gasteiger partial charge in [-0.05, 0) is 37.3 Å². The number of nitrogens with one attached hydrogen (secondary N) is 3. The summed E-state index contributed by atoms with van der Waals surface area (Å²) in [6.45, 7) is 2.35. The van der Waals surface area contributed by atoms with Crippen LogP contribution >= 0.6 is 11.6 Å². The van der Waals surface area contributed by atoms with E-state index < -0.39 is 5.82 Å². The molecule has 0 saturated heterocycles. The zero-order chi connectivity index (χ0) is 21.3. The van der Waals surface area contributed by atoms with Crippen LogP contribution in [0.2, 0.25) is 5.02 Å². The number of H-pyrrole nitrogens is 1. The Morgan fingerprint density at radius 2 is 2.13 bits per heavy atom. The lowest BCUT2D eigenvalue weighted by molar-refractivity contribution is 0.0955. The lowest BCUT2D eigenvalue weighted by Gasteiger charge is -2.12. The fourth-order valence-corrected chi connectivity index (χ4v) is 3.36. The molecule has 0 spiro atoms. The Morgan fingerprint density at radius 1 is 1.30 bits per heavy atom. The van der Waals surface area contributed by atoms with Crippen LogP contribution in [0.25, 0.3) is 22.2 Å². The Kier molecular flexibility index (Phi) is 5.24. The summed E-state index contributed by atoms with van der Waals surface area (Å²) >= 11 is 6.20. The SMILES string of the molecule is CCNC(=O)c1ccc(Nc2cc(-c3c(F)cccc3Cl)nc3c[nH]c(O)c23)nc1. The number of rotatable bonds is 5. The zero-order valence-electron chi connectivity index (χ0n) is 15.8. The minimum Gasteiger partial charge on any atom is -0.494 e. The Labute approximate surface area is 175 Å². The van der Waals surface area contributed by atoms with E-state index in [-0.39, 0.29) is 22.4 Å². The van der Waals surface area contributed by atoms with Gasteiger partial charge in [0.15, 0.2) is 5.88 Å². The summed E-state index contributed by atoms with van der Waals surface area (Å²) in [6.07, 6.45) is 2.96. The fraction of sp³-hybridized carbons (Fsp3) is 0.0952. The first-order chi connectivity index (χ1) is 14.5. The molecule has 0 fully saturated rings. The minimum atomic E-state index is -0.510. The van der Waals surface area contributed by atoms with Crippen LogP contribution in [0.3, 0.4) is 0 Å². The molecule has 0 bridgehead atoms. The number of hydrogen-bond donors (Lipinski definition) is 4. The summed E-state index contributed by atoms with van der Waals surface area (Å²) < 4.78 is 14.4. The average molecular weight is 426 g/mol. The molecule has 30 heavy (non-hydrogen) atoms. The highest BCUT2D eigenvalue weighted by molar-refractivity contribution is 6.33. The Balaban J connectivity index is 1.77. The maximum absolute atomic E-state index is 14.4. The lowest BCUT2D eigenvalue weighted by Crippen LogP contribution is -2.22. The molecule has 0 aliphatic rings. The number of anilines is 2. The zero-order valence-corrected chi connectivity index (χ0v) is 16.6. The van der Waals surface area contributed by atoms with E-state index in [1.807, 2.05) is 6.92 Å². The number of aromatic amines is 1. The van der Waals surface area contributed by atoms with Gasteiger partial charge >= 0.3 is 0 Å². The van der Waals surface area contributed by atoms with Gasteiger partial charge in [-0.1, -0.05) is 17.7 Å². The largest absolute Gasteiger partial charge is 0.494 e. The van der Waals surface area contributed by atoms with Crippen molar-refractivity contribution < 1.29 is 14.3 Å². The van der Waals surface area contributed by atoms with Gasteiger partial charge in [-0.3, -0.25) is 4.79 Å². The predicted octanol–water partition coefficient (Wildman–Crippen LogP) is 4.62. The van der Waals surface area contributed by atoms with Crippen molar-refractivity contribution in [3.63, 3.8) is 0 Å². The van der Waals surface area contributed by atoms with Crippen LogP contribution in [0.4, 0.5) is 15.9 Å². The Bertz CT molecular complexity index is 1220. The van der Waals surface area contributed by atoms with Crippen molar-refractivity contribution >= 4 is 39.9 Å². The van der Waals surface area contributed by atoms with Gasteiger partial charge in [0.05, 0.1) is 38.4 Å². The van der Waals surface area contributed by atoms with Crippen molar-refractivity contribution in [3.05, 3.63) is 65.2 Å². The summed E-state index contributed by atoms with van der Waals surface area (Å²) in [4.78, 5) is 23.3. The molecule has 0 atom stereocenters. The molecule has 4 aromatic rings. The van der Waals surface area contributed by atoms with E-state index in [1.54, 1.807) is 24.3 Å². The highest BCUT2D eigenvalue weighted by Crippen LogP contribution is 2.37. The van der Waals surface area contributed by atoms with E-state index in [1.165, 1.54) is 24.5 Å². The quantitative estimate of drug-likeness (QED) is 0.373. The summed E-state index contributed by atoms with van der Waals surface area (Å²) in [5.74, 6) is -0.390. The number of aromatic hydroxyl groups is 1. The number of aromatic nitrogens is 3. The van der Waals surface area contributed by atoms with E-state index in [0.29, 0.717) is 40.2 Å². The minimum absolute atomic E-state index is 0.0925. The molecule has 7 nitrogen and oxygen atoms in total. The van der Waals surface area contributed by atoms with Gasteiger partial charge in [0.25, 0.3) is 5.91 Å². The highest BCUT2D eigenvalue weighted by atomic mass is 35.5. The van der Waals surface area contributed by atoms with E-state index in [2.05, 4.69) is 25.6 Å². The average Bonchev–Trinajstić information content (AvgIpc) is 3.10. The third-order valence-corrected chi connectivity index (χ3v) is 4.79. The molecule has 4 N–H and O–H groups in total. The second kappa shape index (κ2) is 8.00. The number of halogens is 2. The van der Waals surface area contributed by atoms with Crippen molar-refractivity contribution in [1.82, 2.24) is 20.3 Å². The number of benzene rings is 1. The second-order valence-electron chi connectivity index (χ2n) is 6.47. The summed E-state index contributed by atoms with van der Waals surface area (Å²) in [5, 5.41) is 16.6. The van der Waals surface area contributed by atoms with Crippen LogP contribution in [0, 0.1) is 5.82 Å². The first kappa shape index (κ1) is 19.7. The second-order valence-corrected chi connectivity index (χ2v) is 6.87. The van der Waals surface area contributed by atoms with Crippen LogP contribution in [0.15, 0.2) is 48.8 Å². The van der Waals surface area contributed by atoms with E-state index in [0.717, 1.165) is 0 Å². The number of carbonyl (C=O) groups is 1. The number of nitrogens with zero attached hydrogens (tertiary/aromatic N) is 2. The molecule has 1 amide bonds. The molecule has 3 heterocycles. The first-order valence-electron chi connectivity index (χ1n) is 9.14. The normalized spacial score (nSPS) is 10.9. The van der Waals surface area contributed by atoms with Gasteiger partial charge in [0.2, 0.25) is 0 Å². The van der Waals surface area contributed by atoms with Crippen LogP contribution < -0.4 is 10.6 Å². The van der Waals surface area contributed by atoms with Gasteiger partial charge < -0.3 is 20.7 Å². The summed E-state index contributed by atoms with van der Waals surface area (Å²) in [7, 11) is 0. The van der Waals surface area contributed by atoms with Crippen molar-refractivity contribution in [3.8, 4) is 17.1 Å². The van der Waals surface area contributed by atoms with Crippen LogP contribution in [-0.4, -0.2) is 32.5 Å². The van der Waals surface area contributed by atoms with Crippen LogP contribution in [0.1, 0.15) is 17.3 Å². The third kappa shape index (κ3) is 3.65. The molecule has 0 aliphatic heterocycles. The first-order valence-corrected chi connectivity index (χ1v) is 9.52. The van der Waals surface area contributed by atoms with Crippen LogP contribution in [0.5, 0.6) is 5.88 Å². The van der Waals surface area contributed by atoms with Crippen molar-refractivity contribution in [2.24, 2.45) is 0 Å². The van der Waals surface area contributed by atoms with Gasteiger partial charge in [-0.2, -0.15) is 0 Å². The number of amides is 1. The van der Waals surface area contributed by atoms with Gasteiger partial charge in [0.1, 0.15) is 11.6 Å². The van der Waals surface area contributed by atoms with E-state index in [4.69, 9.17) is 11.6 Å². The maximum Gasteiger partial charge on any atom is 0.252 e. The van der Waals surface area contributed by atoms with Gasteiger partial charge in [-0.15, -0.1) is 0 Å². The Hall–Kier alpha value is -3.65. The topological polar surface area (TPSA) is 103 Å². The fourth-order valence-electron chi connectivity index (χ4n) is 3.10. The smallest absolute Gasteiger partial charge is 0.252 e. The summed E-state index contributed by atoms with van der Waals surface area (Å²) in [5.41, 5.74) is 1.75. The van der Waals surface area contributed by atoms with Crippen molar-refractivity contribution in [2.75, 3.05) is 11.9 Å². The highest BCUT2D eigenvalue weighted by Gasteiger charge is 2.17. The molecular weight excluding hydrogens is 409 g/mol. The number of fused-ring (bicyclic) bond motifs is 1. The van der Waals surface area contributed by atoms with Crippen molar-refractivity contribution in [2.45, 2.75) is 6.92 Å². The number of carbonyl (C=O) groups excluding carboxylic acids is 1. The molecule has 0 aliphatic carbocycles. The number of hydrogen-bond acceptors (Lipinski definition) is 5. The maximum atomic E-state index is 14.4. The van der Waals surface area contributed by atoms with Crippen LogP contribution in [-0.2, 0) is 0 Å². The molecule has 0 saturated carbocycles. The van der Waals surface area contributed by atoms with Gasteiger partial charge in [0, 0.05) is 18.9 Å². The molecule has 9 heteroatoms. The monoisotopic (exact) mass is 425 g/mol. The van der Waals surface area contributed by atoms with Crippen molar-refractivity contribution in [1.29, 1.82) is 0 Å². The molecule has 3 aromatic heterocycles. The molecule has 4 rings (SSSR count). The molecule has 0 unspecified atom stereocenters. The standard InChI is InChI=1S/C21H17ClFN5O2/c1-2-24-20(29)11-6-7-17(25-9-11)28-15-8-14(18-12(22)4-3-5-13(18)23)27-16-10-26-21(30)19(15)16/h3-10,26,30H,2H2,1H3,(H,24,29)(H,25,28). The van der Waals surface area contributed by atoms with Gasteiger partial charge in [-0.25, -0.2) is 14.4 Å². The third-order valence-electron chi connectivity index (χ3n) is 4.47. The Morgan fingerprint density at radius 3 is 2.83 bits per heavy atom. The van der Waals surface area contributed by atoms with E-state index in [9.17, 15) is 14.3 Å². The predicted molar refractivity (Wildman–Crippen MR) is 114 cm³/mol. The van der Waals surface area contributed by atoms with E-state index >= 15 is 0 Å². The molecular formula is C21H17ClFN5O2. The molecule has 0 radical (unpaired) electrons. The molecule has 1 aromatic carbocycles.